The summed E-state index contributed by atoms with van der Waals surface area (Å²) in [6.45, 7) is -0.363. The van der Waals surface area contributed by atoms with Gasteiger partial charge in [-0.1, -0.05) is 48.5 Å². The molecular formula is C16H14O5S. The van der Waals surface area contributed by atoms with E-state index in [-0.39, 0.29) is 6.61 Å². The number of ether oxygens (including phenoxy) is 1. The predicted octanol–water partition coefficient (Wildman–Crippen LogP) is 2.23. The molecule has 0 heterocycles. The fraction of sp³-hybridized carbons (Fsp3) is 0.188. The molecule has 114 valence electrons. The molecule has 0 radical (unpaired) electrons. The van der Waals surface area contributed by atoms with Crippen molar-refractivity contribution in [3.63, 3.8) is 0 Å². The average Bonchev–Trinajstić information content (AvgIpc) is 2.80. The minimum Gasteiger partial charge on any atom is -0.464 e. The summed E-state index contributed by atoms with van der Waals surface area (Å²) in [5, 5.41) is 0. The van der Waals surface area contributed by atoms with Crippen LogP contribution in [0.4, 0.5) is 0 Å². The molecule has 1 aliphatic rings. The highest BCUT2D eigenvalue weighted by molar-refractivity contribution is 7.85. The molecule has 1 N–H and O–H groups in total. The molecule has 0 aromatic heterocycles. The first-order chi connectivity index (χ1) is 10.5. The molecule has 6 heteroatoms. The van der Waals surface area contributed by atoms with Crippen LogP contribution in [0.15, 0.2) is 48.5 Å². The molecule has 0 bridgehead atoms. The Bertz CT molecular complexity index is 780. The molecule has 0 amide bonds. The second-order valence-electron chi connectivity index (χ2n) is 5.06. The number of fused-ring (bicyclic) bond motifs is 3. The fourth-order valence-corrected chi connectivity index (χ4v) is 3.03. The maximum Gasteiger partial charge on any atom is 0.318 e. The highest BCUT2D eigenvalue weighted by atomic mass is 32.2. The predicted molar refractivity (Wildman–Crippen MR) is 81.1 cm³/mol. The second kappa shape index (κ2) is 5.55. The molecule has 2 aromatic carbocycles. The van der Waals surface area contributed by atoms with Crippen molar-refractivity contribution >= 4 is 16.1 Å². The molecule has 2 aromatic rings. The monoisotopic (exact) mass is 318 g/mol. The molecule has 0 saturated heterocycles. The SMILES string of the molecule is O=C(OCCS(=O)(=O)O)C1c2ccccc2-c2ccccc21. The van der Waals surface area contributed by atoms with E-state index < -0.39 is 27.8 Å². The summed E-state index contributed by atoms with van der Waals surface area (Å²) >= 11 is 0. The van der Waals surface area contributed by atoms with Crippen molar-refractivity contribution in [1.29, 1.82) is 0 Å². The Kier molecular flexibility index (Phi) is 3.72. The van der Waals surface area contributed by atoms with Gasteiger partial charge in [-0.3, -0.25) is 9.35 Å². The zero-order valence-corrected chi connectivity index (χ0v) is 12.4. The van der Waals surface area contributed by atoms with Crippen LogP contribution in [-0.2, 0) is 19.6 Å². The molecule has 0 spiro atoms. The first-order valence-corrected chi connectivity index (χ1v) is 8.38. The lowest BCUT2D eigenvalue weighted by Crippen LogP contribution is -2.19. The van der Waals surface area contributed by atoms with E-state index >= 15 is 0 Å². The normalized spacial score (nSPS) is 13.5. The number of hydrogen-bond acceptors (Lipinski definition) is 4. The minimum absolute atomic E-state index is 0.363. The van der Waals surface area contributed by atoms with Gasteiger partial charge in [0.2, 0.25) is 0 Å². The maximum absolute atomic E-state index is 12.4. The van der Waals surface area contributed by atoms with E-state index in [1.165, 1.54) is 0 Å². The number of esters is 1. The number of carbonyl (C=O) groups is 1. The average molecular weight is 318 g/mol. The summed E-state index contributed by atoms with van der Waals surface area (Å²) in [6, 6.07) is 15.1. The minimum atomic E-state index is -4.14. The third-order valence-electron chi connectivity index (χ3n) is 3.66. The van der Waals surface area contributed by atoms with Crippen LogP contribution in [0.3, 0.4) is 0 Å². The Morgan fingerprint density at radius 3 is 2.00 bits per heavy atom. The van der Waals surface area contributed by atoms with E-state index in [9.17, 15) is 13.2 Å². The van der Waals surface area contributed by atoms with E-state index in [1.807, 2.05) is 48.5 Å². The van der Waals surface area contributed by atoms with Crippen LogP contribution in [-0.4, -0.2) is 31.3 Å². The van der Waals surface area contributed by atoms with Crippen molar-refractivity contribution in [3.8, 4) is 11.1 Å². The largest absolute Gasteiger partial charge is 0.464 e. The molecule has 3 rings (SSSR count). The lowest BCUT2D eigenvalue weighted by molar-refractivity contribution is -0.143. The van der Waals surface area contributed by atoms with Crippen LogP contribution in [0.1, 0.15) is 17.0 Å². The van der Waals surface area contributed by atoms with E-state index in [2.05, 4.69) is 0 Å². The molecule has 0 atom stereocenters. The number of rotatable bonds is 4. The highest BCUT2D eigenvalue weighted by Gasteiger charge is 2.34. The van der Waals surface area contributed by atoms with E-state index in [4.69, 9.17) is 9.29 Å². The number of carbonyl (C=O) groups excluding carboxylic acids is 1. The Hall–Kier alpha value is -2.18. The lowest BCUT2D eigenvalue weighted by Gasteiger charge is -2.12. The van der Waals surface area contributed by atoms with Crippen molar-refractivity contribution < 1.29 is 22.5 Å². The Balaban J connectivity index is 1.89. The second-order valence-corrected chi connectivity index (χ2v) is 6.63. The van der Waals surface area contributed by atoms with Gasteiger partial charge in [0.1, 0.15) is 18.3 Å². The first kappa shape index (κ1) is 14.7. The van der Waals surface area contributed by atoms with Crippen molar-refractivity contribution in [3.05, 3.63) is 59.7 Å². The van der Waals surface area contributed by atoms with Gasteiger partial charge in [0, 0.05) is 0 Å². The molecule has 5 nitrogen and oxygen atoms in total. The van der Waals surface area contributed by atoms with Gasteiger partial charge in [0.25, 0.3) is 10.1 Å². The third-order valence-corrected chi connectivity index (χ3v) is 4.34. The van der Waals surface area contributed by atoms with E-state index in [0.29, 0.717) is 0 Å². The van der Waals surface area contributed by atoms with Gasteiger partial charge in [-0.05, 0) is 22.3 Å². The fourth-order valence-electron chi connectivity index (χ4n) is 2.74. The smallest absolute Gasteiger partial charge is 0.318 e. The Morgan fingerprint density at radius 2 is 1.50 bits per heavy atom. The molecule has 0 aliphatic heterocycles. The molecular weight excluding hydrogens is 304 g/mol. The van der Waals surface area contributed by atoms with Crippen LogP contribution in [0.25, 0.3) is 11.1 Å². The summed E-state index contributed by atoms with van der Waals surface area (Å²) in [7, 11) is -4.14. The van der Waals surface area contributed by atoms with Crippen LogP contribution in [0, 0.1) is 0 Å². The standard InChI is InChI=1S/C16H14O5S/c17-16(21-9-10-22(18,19)20)15-13-7-3-1-5-11(13)12-6-2-4-8-14(12)15/h1-8,15H,9-10H2,(H,18,19,20). The van der Waals surface area contributed by atoms with Crippen LogP contribution >= 0.6 is 0 Å². The molecule has 0 fully saturated rings. The Morgan fingerprint density at radius 1 is 1.00 bits per heavy atom. The van der Waals surface area contributed by atoms with Crippen molar-refractivity contribution in [2.24, 2.45) is 0 Å². The Labute approximate surface area is 128 Å². The van der Waals surface area contributed by atoms with Crippen molar-refractivity contribution in [2.75, 3.05) is 12.4 Å². The zero-order valence-electron chi connectivity index (χ0n) is 11.6. The highest BCUT2D eigenvalue weighted by Crippen LogP contribution is 2.44. The van der Waals surface area contributed by atoms with Gasteiger partial charge in [0.05, 0.1) is 0 Å². The molecule has 0 unspecified atom stereocenters. The van der Waals surface area contributed by atoms with Gasteiger partial charge in [-0.25, -0.2) is 0 Å². The number of hydrogen-bond donors (Lipinski definition) is 1. The van der Waals surface area contributed by atoms with Crippen LogP contribution in [0.2, 0.25) is 0 Å². The van der Waals surface area contributed by atoms with Gasteiger partial charge in [-0.15, -0.1) is 0 Å². The zero-order chi connectivity index (χ0) is 15.7. The van der Waals surface area contributed by atoms with Gasteiger partial charge in [0.15, 0.2) is 0 Å². The summed E-state index contributed by atoms with van der Waals surface area (Å²) in [5.74, 6) is -1.68. The number of benzene rings is 2. The summed E-state index contributed by atoms with van der Waals surface area (Å²) in [5.41, 5.74) is 3.66. The summed E-state index contributed by atoms with van der Waals surface area (Å²) < 4.78 is 35.1. The van der Waals surface area contributed by atoms with Gasteiger partial charge >= 0.3 is 5.97 Å². The molecule has 22 heavy (non-hydrogen) atoms. The van der Waals surface area contributed by atoms with Crippen molar-refractivity contribution in [1.82, 2.24) is 0 Å². The molecule has 1 aliphatic carbocycles. The maximum atomic E-state index is 12.4. The molecule has 0 saturated carbocycles. The van der Waals surface area contributed by atoms with Crippen LogP contribution in [0.5, 0.6) is 0 Å². The van der Waals surface area contributed by atoms with Crippen molar-refractivity contribution in [2.45, 2.75) is 5.92 Å². The summed E-state index contributed by atoms with van der Waals surface area (Å²) in [6.07, 6.45) is 0. The third kappa shape index (κ3) is 2.75. The van der Waals surface area contributed by atoms with Gasteiger partial charge < -0.3 is 4.74 Å². The van der Waals surface area contributed by atoms with Crippen LogP contribution < -0.4 is 0 Å². The van der Waals surface area contributed by atoms with E-state index in [0.717, 1.165) is 22.3 Å². The first-order valence-electron chi connectivity index (χ1n) is 6.77. The quantitative estimate of drug-likeness (QED) is 0.690. The topological polar surface area (TPSA) is 80.7 Å². The summed E-state index contributed by atoms with van der Waals surface area (Å²) in [4.78, 5) is 12.4. The lowest BCUT2D eigenvalue weighted by atomic mass is 9.97. The van der Waals surface area contributed by atoms with E-state index in [1.54, 1.807) is 0 Å². The van der Waals surface area contributed by atoms with Gasteiger partial charge in [-0.2, -0.15) is 8.42 Å².